The maximum Gasteiger partial charge on any atom is 0.0844 e. The van der Waals surface area contributed by atoms with Gasteiger partial charge in [-0.1, -0.05) is 60.2 Å². The fourth-order valence-corrected chi connectivity index (χ4v) is 2.84. The first-order valence-electron chi connectivity index (χ1n) is 6.14. The first-order valence-corrected chi connectivity index (χ1v) is 7.26. The number of hydrogen-bond acceptors (Lipinski definition) is 1. The molecule has 0 amide bonds. The fraction of sp³-hybridized carbons (Fsp3) is 0.600. The molecule has 2 atom stereocenters. The lowest BCUT2D eigenvalue weighted by atomic mass is 9.69. The summed E-state index contributed by atoms with van der Waals surface area (Å²) in [5.41, 5.74) is 2.51. The van der Waals surface area contributed by atoms with Crippen molar-refractivity contribution in [3.63, 3.8) is 0 Å². The molecule has 0 saturated heterocycles. The third-order valence-electron chi connectivity index (χ3n) is 3.67. The van der Waals surface area contributed by atoms with Gasteiger partial charge in [-0.25, -0.2) is 0 Å². The molecule has 0 aromatic carbocycles. The highest BCUT2D eigenvalue weighted by molar-refractivity contribution is 9.09. The first-order chi connectivity index (χ1) is 7.88. The highest BCUT2D eigenvalue weighted by Crippen LogP contribution is 2.41. The van der Waals surface area contributed by atoms with Gasteiger partial charge in [0.25, 0.3) is 0 Å². The van der Waals surface area contributed by atoms with Crippen molar-refractivity contribution in [2.24, 2.45) is 11.3 Å². The fourth-order valence-electron chi connectivity index (χ4n) is 2.33. The van der Waals surface area contributed by atoms with Crippen molar-refractivity contribution in [2.45, 2.75) is 39.7 Å². The van der Waals surface area contributed by atoms with Crippen molar-refractivity contribution in [3.05, 3.63) is 36.0 Å². The second kappa shape index (κ2) is 6.01. The molecular formula is C15H23BrO. The molecule has 1 N–H and O–H groups in total. The lowest BCUT2D eigenvalue weighted by Crippen LogP contribution is -2.25. The molecule has 0 bridgehead atoms. The van der Waals surface area contributed by atoms with Crippen LogP contribution < -0.4 is 0 Å². The number of aliphatic hydroxyl groups is 1. The van der Waals surface area contributed by atoms with Gasteiger partial charge in [-0.15, -0.1) is 0 Å². The van der Waals surface area contributed by atoms with Gasteiger partial charge in [0.05, 0.1) is 6.10 Å². The maximum absolute atomic E-state index is 9.70. The molecule has 17 heavy (non-hydrogen) atoms. The molecule has 1 aliphatic carbocycles. The van der Waals surface area contributed by atoms with Gasteiger partial charge in [0.1, 0.15) is 0 Å². The zero-order chi connectivity index (χ0) is 13.1. The zero-order valence-corrected chi connectivity index (χ0v) is 12.6. The van der Waals surface area contributed by atoms with E-state index in [1.54, 1.807) is 0 Å². The average molecular weight is 299 g/mol. The molecule has 0 aromatic rings. The molecule has 1 nitrogen and oxygen atoms in total. The van der Waals surface area contributed by atoms with Crippen LogP contribution in [0.2, 0.25) is 0 Å². The highest BCUT2D eigenvalue weighted by atomic mass is 79.9. The molecular weight excluding hydrogens is 276 g/mol. The number of alkyl halides is 1. The van der Waals surface area contributed by atoms with E-state index in [-0.39, 0.29) is 11.5 Å². The van der Waals surface area contributed by atoms with Gasteiger partial charge in [0.2, 0.25) is 0 Å². The van der Waals surface area contributed by atoms with Crippen molar-refractivity contribution in [2.75, 3.05) is 5.33 Å². The number of halogens is 1. The number of allylic oxidation sites excluding steroid dienone is 4. The van der Waals surface area contributed by atoms with Gasteiger partial charge < -0.3 is 5.11 Å². The van der Waals surface area contributed by atoms with E-state index in [2.05, 4.69) is 54.6 Å². The smallest absolute Gasteiger partial charge is 0.0844 e. The Labute approximate surface area is 113 Å². The van der Waals surface area contributed by atoms with Crippen LogP contribution in [0.3, 0.4) is 0 Å². The van der Waals surface area contributed by atoms with Gasteiger partial charge in [-0.3, -0.25) is 0 Å². The van der Waals surface area contributed by atoms with Crippen molar-refractivity contribution in [1.29, 1.82) is 0 Å². The second-order valence-corrected chi connectivity index (χ2v) is 6.14. The SMILES string of the molecule is C=C1CC=CC(C)(C)C1C/C=C(/C)C(O)CBr. The van der Waals surface area contributed by atoms with Crippen molar-refractivity contribution >= 4 is 15.9 Å². The van der Waals surface area contributed by atoms with Crippen molar-refractivity contribution < 1.29 is 5.11 Å². The Kier molecular flexibility index (Phi) is 5.21. The molecule has 1 rings (SSSR count). The van der Waals surface area contributed by atoms with E-state index in [9.17, 15) is 5.11 Å². The van der Waals surface area contributed by atoms with E-state index < -0.39 is 0 Å². The van der Waals surface area contributed by atoms with Crippen LogP contribution >= 0.6 is 15.9 Å². The summed E-state index contributed by atoms with van der Waals surface area (Å²) in [6, 6.07) is 0. The summed E-state index contributed by atoms with van der Waals surface area (Å²) in [4.78, 5) is 0. The Morgan fingerprint density at radius 2 is 2.35 bits per heavy atom. The summed E-state index contributed by atoms with van der Waals surface area (Å²) in [5.74, 6) is 0.477. The summed E-state index contributed by atoms with van der Waals surface area (Å²) in [6.45, 7) is 10.7. The Hall–Kier alpha value is -0.340. The predicted octanol–water partition coefficient (Wildman–Crippen LogP) is 4.24. The first kappa shape index (κ1) is 14.7. The van der Waals surface area contributed by atoms with E-state index in [0.717, 1.165) is 18.4 Å². The van der Waals surface area contributed by atoms with Crippen LogP contribution in [0.5, 0.6) is 0 Å². The molecule has 0 spiro atoms. The summed E-state index contributed by atoms with van der Waals surface area (Å²) in [5, 5.41) is 10.3. The van der Waals surface area contributed by atoms with Gasteiger partial charge in [0.15, 0.2) is 0 Å². The van der Waals surface area contributed by atoms with Gasteiger partial charge in [0, 0.05) is 5.33 Å². The van der Waals surface area contributed by atoms with Crippen LogP contribution in [0, 0.1) is 11.3 Å². The van der Waals surface area contributed by atoms with Crippen molar-refractivity contribution in [3.8, 4) is 0 Å². The van der Waals surface area contributed by atoms with E-state index in [4.69, 9.17) is 0 Å². The summed E-state index contributed by atoms with van der Waals surface area (Å²) in [6.07, 6.45) is 8.24. The quantitative estimate of drug-likeness (QED) is 0.608. The minimum Gasteiger partial charge on any atom is -0.388 e. The molecule has 1 aliphatic rings. The van der Waals surface area contributed by atoms with E-state index in [1.807, 2.05) is 6.92 Å². The highest BCUT2D eigenvalue weighted by Gasteiger charge is 2.30. The van der Waals surface area contributed by atoms with E-state index in [0.29, 0.717) is 11.2 Å². The molecule has 0 heterocycles. The Morgan fingerprint density at radius 3 is 2.88 bits per heavy atom. The van der Waals surface area contributed by atoms with E-state index >= 15 is 0 Å². The van der Waals surface area contributed by atoms with Gasteiger partial charge in [-0.2, -0.15) is 0 Å². The van der Waals surface area contributed by atoms with E-state index in [1.165, 1.54) is 5.57 Å². The molecule has 0 fully saturated rings. The monoisotopic (exact) mass is 298 g/mol. The van der Waals surface area contributed by atoms with Crippen LogP contribution in [0.15, 0.2) is 36.0 Å². The topological polar surface area (TPSA) is 20.2 Å². The number of aliphatic hydroxyl groups excluding tert-OH is 1. The molecule has 0 aromatic heterocycles. The molecule has 96 valence electrons. The molecule has 0 aliphatic heterocycles. The molecule has 0 radical (unpaired) electrons. The summed E-state index contributed by atoms with van der Waals surface area (Å²) < 4.78 is 0. The van der Waals surface area contributed by atoms with Crippen LogP contribution in [-0.4, -0.2) is 16.5 Å². The number of rotatable bonds is 4. The van der Waals surface area contributed by atoms with Gasteiger partial charge >= 0.3 is 0 Å². The van der Waals surface area contributed by atoms with Crippen LogP contribution in [0.4, 0.5) is 0 Å². The van der Waals surface area contributed by atoms with Crippen LogP contribution in [-0.2, 0) is 0 Å². The minimum atomic E-state index is -0.370. The maximum atomic E-state index is 9.70. The lowest BCUT2D eigenvalue weighted by Gasteiger charge is -2.36. The van der Waals surface area contributed by atoms with Crippen LogP contribution in [0.1, 0.15) is 33.6 Å². The normalized spacial score (nSPS) is 26.1. The summed E-state index contributed by atoms with van der Waals surface area (Å²) in [7, 11) is 0. The Bertz CT molecular complexity index is 339. The molecule has 2 heteroatoms. The third-order valence-corrected chi connectivity index (χ3v) is 4.28. The third kappa shape index (κ3) is 3.82. The number of hydrogen-bond donors (Lipinski definition) is 1. The minimum absolute atomic E-state index is 0.172. The predicted molar refractivity (Wildman–Crippen MR) is 78.3 cm³/mol. The Morgan fingerprint density at radius 1 is 1.71 bits per heavy atom. The molecule has 0 saturated carbocycles. The zero-order valence-electron chi connectivity index (χ0n) is 11.0. The van der Waals surface area contributed by atoms with Crippen LogP contribution in [0.25, 0.3) is 0 Å². The summed E-state index contributed by atoms with van der Waals surface area (Å²) >= 11 is 3.30. The largest absolute Gasteiger partial charge is 0.388 e. The second-order valence-electron chi connectivity index (χ2n) is 5.49. The van der Waals surface area contributed by atoms with Crippen molar-refractivity contribution in [1.82, 2.24) is 0 Å². The standard InChI is InChI=1S/C15H23BrO/c1-11-6-5-9-15(3,4)13(11)8-7-12(2)14(17)10-16/h5,7,9,13-14,17H,1,6,8,10H2,2-4H3/b12-7-. The Balaban J connectivity index is 2.74. The molecule has 2 unspecified atom stereocenters. The van der Waals surface area contributed by atoms with Gasteiger partial charge in [-0.05, 0) is 36.7 Å². The lowest BCUT2D eigenvalue weighted by molar-refractivity contribution is 0.235. The average Bonchev–Trinajstić information content (AvgIpc) is 2.26.